The predicted molar refractivity (Wildman–Crippen MR) is 156 cm³/mol. The van der Waals surface area contributed by atoms with Gasteiger partial charge in [-0.05, 0) is 53.8 Å². The molecule has 0 unspecified atom stereocenters. The number of amides is 2. The number of nitrogens with zero attached hydrogens (tertiary/aromatic N) is 3. The fourth-order valence-electron chi connectivity index (χ4n) is 3.83. The Kier molecular flexibility index (Phi) is 10.6. The number of terminal acetylenes is 1. The maximum absolute atomic E-state index is 12.8. The van der Waals surface area contributed by atoms with Crippen molar-refractivity contribution in [3.8, 4) is 18.1 Å². The van der Waals surface area contributed by atoms with E-state index in [0.717, 1.165) is 5.56 Å². The van der Waals surface area contributed by atoms with Crippen LogP contribution in [0.1, 0.15) is 36.2 Å². The first-order valence-electron chi connectivity index (χ1n) is 12.6. The van der Waals surface area contributed by atoms with Crippen LogP contribution in [0.4, 0.5) is 10.5 Å². The van der Waals surface area contributed by atoms with Gasteiger partial charge >= 0.3 is 6.09 Å². The van der Waals surface area contributed by atoms with Gasteiger partial charge in [-0.15, -0.1) is 6.42 Å². The number of guanidine groups is 2. The number of carbonyl (C=O) groups excluding carboxylic acids is 2. The van der Waals surface area contributed by atoms with Gasteiger partial charge in [0.1, 0.15) is 5.75 Å². The molecule has 0 aromatic heterocycles. The van der Waals surface area contributed by atoms with Crippen molar-refractivity contribution in [2.75, 3.05) is 38.2 Å². The summed E-state index contributed by atoms with van der Waals surface area (Å²) in [6.07, 6.45) is 5.23. The molecule has 4 bridgehead atoms. The maximum atomic E-state index is 12.8. The van der Waals surface area contributed by atoms with Crippen molar-refractivity contribution >= 4 is 41.2 Å². The Labute approximate surface area is 239 Å². The van der Waals surface area contributed by atoms with E-state index in [1.807, 2.05) is 19.9 Å². The van der Waals surface area contributed by atoms with Gasteiger partial charge < -0.3 is 36.5 Å². The molecule has 4 aliphatic heterocycles. The lowest BCUT2D eigenvalue weighted by Crippen LogP contribution is -2.45. The molecule has 11 nitrogen and oxygen atoms in total. The summed E-state index contributed by atoms with van der Waals surface area (Å²) in [7, 11) is 0. The van der Waals surface area contributed by atoms with Gasteiger partial charge in [0.05, 0.1) is 18.2 Å². The lowest BCUT2D eigenvalue weighted by molar-refractivity contribution is 0.0865. The highest BCUT2D eigenvalue weighted by atomic mass is 35.5. The molecule has 2 aromatic rings. The van der Waals surface area contributed by atoms with Crippen molar-refractivity contribution in [1.29, 1.82) is 0 Å². The van der Waals surface area contributed by atoms with Gasteiger partial charge in [0.25, 0.3) is 5.91 Å². The number of nitrogens with two attached hydrogens (primary N) is 2. The Hall–Kier alpha value is -4.43. The van der Waals surface area contributed by atoms with Gasteiger partial charge in [-0.1, -0.05) is 37.4 Å². The van der Waals surface area contributed by atoms with Crippen molar-refractivity contribution in [3.63, 3.8) is 0 Å². The van der Waals surface area contributed by atoms with Crippen LogP contribution >= 0.6 is 11.6 Å². The normalized spacial score (nSPS) is 16.8. The largest absolute Gasteiger partial charge is 0.492 e. The summed E-state index contributed by atoms with van der Waals surface area (Å²) in [5, 5.41) is 6.26. The first-order chi connectivity index (χ1) is 19.1. The number of nitrogens with one attached hydrogen (secondary N) is 2. The van der Waals surface area contributed by atoms with Gasteiger partial charge in [-0.3, -0.25) is 4.79 Å². The highest BCUT2D eigenvalue weighted by molar-refractivity contribution is 6.32. The molecule has 4 aliphatic rings. The number of hydrogen-bond donors (Lipinski definition) is 4. The SMILES string of the molecule is C#CCOC(=O)N1CCCOc2ccc(cc2Cl)CN=C(N)N=C(N)Nc2ccc(cc2)C(=O)NCC(C)(C)C1. The van der Waals surface area contributed by atoms with Crippen molar-refractivity contribution in [3.05, 3.63) is 58.6 Å². The average molecular weight is 568 g/mol. The van der Waals surface area contributed by atoms with E-state index in [2.05, 4.69) is 26.5 Å². The van der Waals surface area contributed by atoms with Gasteiger partial charge in [0.15, 0.2) is 6.61 Å². The molecule has 2 aromatic carbocycles. The molecule has 212 valence electrons. The summed E-state index contributed by atoms with van der Waals surface area (Å²) in [4.78, 5) is 35.3. The van der Waals surface area contributed by atoms with Crippen LogP contribution < -0.4 is 26.8 Å². The molecule has 0 aliphatic carbocycles. The van der Waals surface area contributed by atoms with E-state index in [9.17, 15) is 9.59 Å². The van der Waals surface area contributed by atoms with Crippen molar-refractivity contribution < 1.29 is 19.1 Å². The third-order valence-corrected chi connectivity index (χ3v) is 6.08. The van der Waals surface area contributed by atoms with Crippen LogP contribution in [0.2, 0.25) is 5.02 Å². The van der Waals surface area contributed by atoms with Crippen LogP contribution in [0, 0.1) is 17.8 Å². The number of aliphatic imine (C=N–C) groups is 2. The van der Waals surface area contributed by atoms with E-state index in [1.165, 1.54) is 0 Å². The van der Waals surface area contributed by atoms with Gasteiger partial charge in [0, 0.05) is 30.9 Å². The molecule has 0 atom stereocenters. The van der Waals surface area contributed by atoms with E-state index in [4.69, 9.17) is 39.0 Å². The molecule has 6 rings (SSSR count). The molecule has 2 amide bonds. The van der Waals surface area contributed by atoms with Crippen molar-refractivity contribution in [2.24, 2.45) is 26.9 Å². The highest BCUT2D eigenvalue weighted by Gasteiger charge is 2.26. The molecule has 0 saturated carbocycles. The number of halogens is 1. The van der Waals surface area contributed by atoms with Crippen LogP contribution in [-0.2, 0) is 11.3 Å². The number of ether oxygens (including phenoxy) is 2. The lowest BCUT2D eigenvalue weighted by Gasteiger charge is -2.32. The molecule has 6 N–H and O–H groups in total. The number of benzene rings is 2. The van der Waals surface area contributed by atoms with E-state index in [-0.39, 0.29) is 31.0 Å². The fourth-order valence-corrected chi connectivity index (χ4v) is 4.09. The Bertz CT molecular complexity index is 1300. The minimum absolute atomic E-state index is 0.0140. The highest BCUT2D eigenvalue weighted by Crippen LogP contribution is 2.26. The molecular weight excluding hydrogens is 534 g/mol. The van der Waals surface area contributed by atoms with Crippen molar-refractivity contribution in [2.45, 2.75) is 26.8 Å². The second kappa shape index (κ2) is 14.1. The number of hydrogen-bond acceptors (Lipinski definition) is 9. The molecule has 0 spiro atoms. The molecule has 40 heavy (non-hydrogen) atoms. The Morgan fingerprint density at radius 1 is 1.25 bits per heavy atom. The Balaban J connectivity index is 1.84. The average Bonchev–Trinajstić information content (AvgIpc) is 2.91. The summed E-state index contributed by atoms with van der Waals surface area (Å²) < 4.78 is 11.0. The van der Waals surface area contributed by atoms with Crippen LogP contribution in [0.5, 0.6) is 5.75 Å². The van der Waals surface area contributed by atoms with Gasteiger partial charge in [-0.25, -0.2) is 9.79 Å². The molecule has 0 saturated heterocycles. The fraction of sp³-hybridized carbons (Fsp3) is 0.357. The maximum Gasteiger partial charge on any atom is 0.410 e. The van der Waals surface area contributed by atoms with Crippen LogP contribution in [-0.4, -0.2) is 61.7 Å². The second-order valence-corrected chi connectivity index (χ2v) is 10.3. The summed E-state index contributed by atoms with van der Waals surface area (Å²) in [6, 6.07) is 12.0. The zero-order valence-corrected chi connectivity index (χ0v) is 23.3. The third-order valence-electron chi connectivity index (χ3n) is 5.79. The predicted octanol–water partition coefficient (Wildman–Crippen LogP) is 3.19. The number of carbonyl (C=O) groups is 2. The van der Waals surface area contributed by atoms with Crippen molar-refractivity contribution in [1.82, 2.24) is 10.2 Å². The van der Waals surface area contributed by atoms with Crippen LogP contribution in [0.3, 0.4) is 0 Å². The van der Waals surface area contributed by atoms with E-state index in [0.29, 0.717) is 54.7 Å². The molecule has 4 heterocycles. The summed E-state index contributed by atoms with van der Waals surface area (Å²) in [6.45, 7) is 5.26. The zero-order chi connectivity index (χ0) is 29.1. The minimum atomic E-state index is -0.535. The molecular formula is C28H34ClN7O4. The smallest absolute Gasteiger partial charge is 0.410 e. The first-order valence-corrected chi connectivity index (χ1v) is 13.0. The van der Waals surface area contributed by atoms with Gasteiger partial charge in [-0.2, -0.15) is 4.99 Å². The summed E-state index contributed by atoms with van der Waals surface area (Å²) in [5.41, 5.74) is 13.3. The number of anilines is 1. The Morgan fingerprint density at radius 2 is 2.00 bits per heavy atom. The third kappa shape index (κ3) is 9.39. The molecule has 12 heteroatoms. The zero-order valence-electron chi connectivity index (χ0n) is 22.6. The first kappa shape index (κ1) is 30.1. The number of rotatable bonds is 1. The summed E-state index contributed by atoms with van der Waals surface area (Å²) >= 11 is 6.41. The standard InChI is InChI=1S/C28H34ClN7O4/c1-4-13-40-27(38)36-12-5-14-39-23-11-6-19(15-22(23)29)16-32-25(30)35-26(31)34-21-9-7-20(8-10-21)24(37)33-17-28(2,3)18-36/h1,6-11,15H,5,12-14,16-18H2,2-3H3,(H,33,37)(H5,30,31,32,34,35). The monoisotopic (exact) mass is 567 g/mol. The quantitative estimate of drug-likeness (QED) is 0.385. The van der Waals surface area contributed by atoms with Crippen LogP contribution in [0.25, 0.3) is 0 Å². The second-order valence-electron chi connectivity index (χ2n) is 9.87. The topological polar surface area (TPSA) is 157 Å². The van der Waals surface area contributed by atoms with E-state index in [1.54, 1.807) is 41.3 Å². The molecule has 0 fully saturated rings. The van der Waals surface area contributed by atoms with E-state index < -0.39 is 11.5 Å². The van der Waals surface area contributed by atoms with E-state index >= 15 is 0 Å². The Morgan fingerprint density at radius 3 is 2.70 bits per heavy atom. The molecule has 0 radical (unpaired) electrons. The lowest BCUT2D eigenvalue weighted by atomic mass is 9.92. The minimum Gasteiger partial charge on any atom is -0.492 e. The summed E-state index contributed by atoms with van der Waals surface area (Å²) in [5.74, 6) is 2.57. The van der Waals surface area contributed by atoms with Crippen LogP contribution in [0.15, 0.2) is 52.4 Å². The van der Waals surface area contributed by atoms with Gasteiger partial charge in [0.2, 0.25) is 11.9 Å².